The molecule has 0 bridgehead atoms. The molecule has 0 spiro atoms. The van der Waals surface area contributed by atoms with E-state index in [1.54, 1.807) is 23.3 Å². The van der Waals surface area contributed by atoms with Crippen molar-refractivity contribution in [1.82, 2.24) is 4.90 Å². The van der Waals surface area contributed by atoms with Crippen molar-refractivity contribution < 1.29 is 9.21 Å². The van der Waals surface area contributed by atoms with Gasteiger partial charge in [-0.05, 0) is 29.8 Å². The number of anilines is 1. The molecule has 3 rings (SSSR count). The van der Waals surface area contributed by atoms with Gasteiger partial charge < -0.3 is 14.6 Å². The van der Waals surface area contributed by atoms with Gasteiger partial charge in [-0.15, -0.1) is 0 Å². The number of rotatable bonds is 5. The van der Waals surface area contributed by atoms with E-state index in [4.69, 9.17) is 16.0 Å². The summed E-state index contributed by atoms with van der Waals surface area (Å²) >= 11 is 6.12. The molecule has 1 heterocycles. The van der Waals surface area contributed by atoms with E-state index in [2.05, 4.69) is 5.32 Å². The first kappa shape index (κ1) is 16.1. The van der Waals surface area contributed by atoms with Gasteiger partial charge in [-0.2, -0.15) is 0 Å². The minimum absolute atomic E-state index is 0.233. The fraction of sp³-hybridized carbons (Fsp3) is 0.105. The maximum atomic E-state index is 12.7. The van der Waals surface area contributed by atoms with Gasteiger partial charge in [-0.25, -0.2) is 4.79 Å². The summed E-state index contributed by atoms with van der Waals surface area (Å²) in [5, 5.41) is 3.36. The molecule has 5 heteroatoms. The molecule has 0 radical (unpaired) electrons. The predicted molar refractivity (Wildman–Crippen MR) is 94.9 cm³/mol. The highest BCUT2D eigenvalue weighted by Gasteiger charge is 2.17. The molecule has 0 saturated heterocycles. The number of carbonyl (C=O) groups excluding carboxylic acids is 1. The molecule has 1 aromatic heterocycles. The average molecular weight is 341 g/mol. The second-order valence-corrected chi connectivity index (χ2v) is 5.74. The Balaban J connectivity index is 1.77. The Kier molecular flexibility index (Phi) is 5.18. The number of urea groups is 1. The lowest BCUT2D eigenvalue weighted by Gasteiger charge is -2.22. The largest absolute Gasteiger partial charge is 0.467 e. The van der Waals surface area contributed by atoms with E-state index in [0.29, 0.717) is 23.8 Å². The third kappa shape index (κ3) is 4.18. The van der Waals surface area contributed by atoms with Gasteiger partial charge in [0.05, 0.1) is 23.5 Å². The quantitative estimate of drug-likeness (QED) is 0.696. The van der Waals surface area contributed by atoms with Crippen LogP contribution in [0.2, 0.25) is 5.02 Å². The van der Waals surface area contributed by atoms with Gasteiger partial charge in [0.1, 0.15) is 5.76 Å². The predicted octanol–water partition coefficient (Wildman–Crippen LogP) is 5.17. The van der Waals surface area contributed by atoms with Crippen molar-refractivity contribution in [3.63, 3.8) is 0 Å². The molecular formula is C19H17ClN2O2. The summed E-state index contributed by atoms with van der Waals surface area (Å²) in [6.07, 6.45) is 1.60. The van der Waals surface area contributed by atoms with Crippen LogP contribution >= 0.6 is 11.6 Å². The number of furan rings is 1. The Labute approximate surface area is 145 Å². The molecule has 0 fully saturated rings. The Morgan fingerprint density at radius 2 is 1.71 bits per heavy atom. The van der Waals surface area contributed by atoms with Crippen molar-refractivity contribution in [2.24, 2.45) is 0 Å². The number of nitrogens with zero attached hydrogens (tertiary/aromatic N) is 1. The standard InChI is InChI=1S/C19H17ClN2O2/c20-17-10-4-5-11-18(17)21-19(23)22(14-16-9-6-12-24-16)13-15-7-2-1-3-8-15/h1-12H,13-14H2,(H,21,23). The molecule has 0 saturated carbocycles. The minimum Gasteiger partial charge on any atom is -0.467 e. The Morgan fingerprint density at radius 3 is 2.42 bits per heavy atom. The maximum Gasteiger partial charge on any atom is 0.322 e. The smallest absolute Gasteiger partial charge is 0.322 e. The van der Waals surface area contributed by atoms with E-state index in [1.807, 2.05) is 54.6 Å². The molecule has 1 N–H and O–H groups in total. The van der Waals surface area contributed by atoms with Crippen molar-refractivity contribution in [1.29, 1.82) is 0 Å². The van der Waals surface area contributed by atoms with E-state index in [-0.39, 0.29) is 6.03 Å². The van der Waals surface area contributed by atoms with Crippen LogP contribution in [0.5, 0.6) is 0 Å². The summed E-state index contributed by atoms with van der Waals surface area (Å²) in [4.78, 5) is 14.4. The molecule has 0 atom stereocenters. The molecule has 24 heavy (non-hydrogen) atoms. The second-order valence-electron chi connectivity index (χ2n) is 5.33. The van der Waals surface area contributed by atoms with E-state index in [9.17, 15) is 4.79 Å². The van der Waals surface area contributed by atoms with Gasteiger partial charge in [0.25, 0.3) is 0 Å². The summed E-state index contributed by atoms with van der Waals surface area (Å²) < 4.78 is 5.38. The summed E-state index contributed by atoms with van der Waals surface area (Å²) in [5.74, 6) is 0.722. The first-order valence-corrected chi connectivity index (χ1v) is 7.97. The summed E-state index contributed by atoms with van der Waals surface area (Å²) in [6, 6.07) is 20.4. The van der Waals surface area contributed by atoms with Crippen LogP contribution in [0.3, 0.4) is 0 Å². The Bertz CT molecular complexity index is 788. The minimum atomic E-state index is -0.233. The topological polar surface area (TPSA) is 45.5 Å². The van der Waals surface area contributed by atoms with Crippen LogP contribution in [0.1, 0.15) is 11.3 Å². The molecule has 0 unspecified atom stereocenters. The van der Waals surface area contributed by atoms with Crippen molar-refractivity contribution in [2.45, 2.75) is 13.1 Å². The van der Waals surface area contributed by atoms with E-state index in [1.165, 1.54) is 0 Å². The highest BCUT2D eigenvalue weighted by atomic mass is 35.5. The second kappa shape index (κ2) is 7.70. The van der Waals surface area contributed by atoms with Crippen LogP contribution in [0.15, 0.2) is 77.4 Å². The number of benzene rings is 2. The summed E-state index contributed by atoms with van der Waals surface area (Å²) in [5.41, 5.74) is 1.63. The van der Waals surface area contributed by atoms with Gasteiger partial charge in [0.15, 0.2) is 0 Å². The third-order valence-electron chi connectivity index (χ3n) is 3.55. The zero-order valence-corrected chi connectivity index (χ0v) is 13.7. The molecule has 122 valence electrons. The van der Waals surface area contributed by atoms with Crippen LogP contribution < -0.4 is 5.32 Å². The lowest BCUT2D eigenvalue weighted by molar-refractivity contribution is 0.201. The van der Waals surface area contributed by atoms with Crippen molar-refractivity contribution in [3.8, 4) is 0 Å². The molecule has 0 aliphatic carbocycles. The number of hydrogen-bond donors (Lipinski definition) is 1. The van der Waals surface area contributed by atoms with Gasteiger partial charge in [-0.1, -0.05) is 54.1 Å². The molecule has 3 aromatic rings. The summed E-state index contributed by atoms with van der Waals surface area (Å²) in [6.45, 7) is 0.843. The van der Waals surface area contributed by atoms with Crippen LogP contribution in [0.4, 0.5) is 10.5 Å². The highest BCUT2D eigenvalue weighted by molar-refractivity contribution is 6.33. The van der Waals surface area contributed by atoms with Crippen LogP contribution in [-0.2, 0) is 13.1 Å². The van der Waals surface area contributed by atoms with E-state index in [0.717, 1.165) is 11.3 Å². The van der Waals surface area contributed by atoms with Gasteiger partial charge in [-0.3, -0.25) is 0 Å². The Hall–Kier alpha value is -2.72. The first-order chi connectivity index (χ1) is 11.7. The number of nitrogens with one attached hydrogen (secondary N) is 1. The third-order valence-corrected chi connectivity index (χ3v) is 3.88. The highest BCUT2D eigenvalue weighted by Crippen LogP contribution is 2.21. The normalized spacial score (nSPS) is 10.4. The molecule has 0 aliphatic rings. The zero-order valence-electron chi connectivity index (χ0n) is 13.0. The van der Waals surface area contributed by atoms with Crippen molar-refractivity contribution in [2.75, 3.05) is 5.32 Å². The average Bonchev–Trinajstić information content (AvgIpc) is 3.10. The number of amides is 2. The number of para-hydroxylation sites is 1. The van der Waals surface area contributed by atoms with Crippen molar-refractivity contribution >= 4 is 23.3 Å². The molecule has 4 nitrogen and oxygen atoms in total. The molecular weight excluding hydrogens is 324 g/mol. The number of halogens is 1. The SMILES string of the molecule is O=C(Nc1ccccc1Cl)N(Cc1ccccc1)Cc1ccco1. The van der Waals surface area contributed by atoms with E-state index >= 15 is 0 Å². The van der Waals surface area contributed by atoms with Crippen molar-refractivity contribution in [3.05, 3.63) is 89.3 Å². The molecule has 0 aliphatic heterocycles. The van der Waals surface area contributed by atoms with E-state index < -0.39 is 0 Å². The number of carbonyl (C=O) groups is 1. The Morgan fingerprint density at radius 1 is 0.958 bits per heavy atom. The van der Waals surface area contributed by atoms with Crippen LogP contribution in [0, 0.1) is 0 Å². The van der Waals surface area contributed by atoms with Crippen LogP contribution in [-0.4, -0.2) is 10.9 Å². The fourth-order valence-corrected chi connectivity index (χ4v) is 2.53. The van der Waals surface area contributed by atoms with Gasteiger partial charge >= 0.3 is 6.03 Å². The fourth-order valence-electron chi connectivity index (χ4n) is 2.35. The van der Waals surface area contributed by atoms with Gasteiger partial charge in [0.2, 0.25) is 0 Å². The van der Waals surface area contributed by atoms with Gasteiger partial charge in [0, 0.05) is 6.54 Å². The molecule has 2 aromatic carbocycles. The van der Waals surface area contributed by atoms with Crippen LogP contribution in [0.25, 0.3) is 0 Å². The first-order valence-electron chi connectivity index (χ1n) is 7.59. The lowest BCUT2D eigenvalue weighted by Crippen LogP contribution is -2.34. The monoisotopic (exact) mass is 340 g/mol. The number of hydrogen-bond acceptors (Lipinski definition) is 2. The zero-order chi connectivity index (χ0) is 16.8. The molecule has 2 amide bonds. The maximum absolute atomic E-state index is 12.7. The summed E-state index contributed by atoms with van der Waals surface area (Å²) in [7, 11) is 0. The lowest BCUT2D eigenvalue weighted by atomic mass is 10.2.